The molecular weight excluding hydrogens is 358 g/mol. The van der Waals surface area contributed by atoms with Crippen molar-refractivity contribution in [2.45, 2.75) is 57.1 Å². The number of hydrogen-bond acceptors (Lipinski definition) is 5. The molecule has 1 saturated carbocycles. The first-order valence-corrected chi connectivity index (χ1v) is 10.2. The molecule has 2 amide bonds. The van der Waals surface area contributed by atoms with Crippen molar-refractivity contribution in [3.05, 3.63) is 34.7 Å². The number of carbonyl (C=O) groups is 1. The molecule has 2 aliphatic rings. The van der Waals surface area contributed by atoms with Crippen LogP contribution in [0.5, 0.6) is 0 Å². The van der Waals surface area contributed by atoms with Gasteiger partial charge in [0.2, 0.25) is 0 Å². The summed E-state index contributed by atoms with van der Waals surface area (Å²) < 4.78 is 11.0. The van der Waals surface area contributed by atoms with Crippen LogP contribution in [0.2, 0.25) is 0 Å². The minimum Gasteiger partial charge on any atom is -0.421 e. The molecule has 1 aromatic heterocycles. The second kappa shape index (κ2) is 8.65. The summed E-state index contributed by atoms with van der Waals surface area (Å²) in [7, 11) is 0. The molecule has 1 aromatic carbocycles. The highest BCUT2D eigenvalue weighted by molar-refractivity contribution is 6.01. The molecule has 1 aliphatic heterocycles. The predicted octanol–water partition coefficient (Wildman–Crippen LogP) is 3.84. The zero-order valence-corrected chi connectivity index (χ0v) is 16.0. The molecule has 7 nitrogen and oxygen atoms in total. The average Bonchev–Trinajstić information content (AvgIpc) is 3.23. The van der Waals surface area contributed by atoms with Crippen molar-refractivity contribution in [3.8, 4) is 0 Å². The Kier molecular flexibility index (Phi) is 5.81. The van der Waals surface area contributed by atoms with Gasteiger partial charge in [-0.1, -0.05) is 31.4 Å². The van der Waals surface area contributed by atoms with Gasteiger partial charge in [0.15, 0.2) is 5.69 Å². The average molecular weight is 385 g/mol. The van der Waals surface area contributed by atoms with E-state index in [1.807, 2.05) is 18.2 Å². The number of carbonyl (C=O) groups excluding carboxylic acids is 1. The van der Waals surface area contributed by atoms with E-state index in [1.54, 1.807) is 6.07 Å². The van der Waals surface area contributed by atoms with Crippen molar-refractivity contribution < 1.29 is 13.9 Å². The van der Waals surface area contributed by atoms with Crippen LogP contribution in [0.25, 0.3) is 11.0 Å². The van der Waals surface area contributed by atoms with Crippen molar-refractivity contribution in [2.24, 2.45) is 0 Å². The van der Waals surface area contributed by atoms with Gasteiger partial charge in [-0.3, -0.25) is 5.32 Å². The SMILES string of the molecule is O=C(NCC1CCCO1)Nc1c(NC2CCCCC2)c2ccccc2oc1=O. The first-order chi connectivity index (χ1) is 13.7. The van der Waals surface area contributed by atoms with Crippen LogP contribution in [-0.4, -0.2) is 31.3 Å². The number of urea groups is 1. The van der Waals surface area contributed by atoms with Crippen molar-refractivity contribution in [2.75, 3.05) is 23.8 Å². The molecule has 2 heterocycles. The molecule has 2 fully saturated rings. The lowest BCUT2D eigenvalue weighted by molar-refractivity contribution is 0.112. The van der Waals surface area contributed by atoms with Crippen LogP contribution in [0.15, 0.2) is 33.5 Å². The Morgan fingerprint density at radius 1 is 1.04 bits per heavy atom. The summed E-state index contributed by atoms with van der Waals surface area (Å²) in [6.07, 6.45) is 7.68. The summed E-state index contributed by atoms with van der Waals surface area (Å²) in [4.78, 5) is 25.0. The Morgan fingerprint density at radius 2 is 1.86 bits per heavy atom. The monoisotopic (exact) mass is 385 g/mol. The Bertz CT molecular complexity index is 883. The molecule has 1 atom stereocenters. The molecular formula is C21H27N3O4. The van der Waals surface area contributed by atoms with Crippen molar-refractivity contribution in [3.63, 3.8) is 0 Å². The Hall–Kier alpha value is -2.54. The van der Waals surface area contributed by atoms with E-state index in [2.05, 4.69) is 16.0 Å². The quantitative estimate of drug-likeness (QED) is 0.680. The number of fused-ring (bicyclic) bond motifs is 1. The first kappa shape index (κ1) is 18.8. The van der Waals surface area contributed by atoms with Crippen LogP contribution in [0.4, 0.5) is 16.2 Å². The van der Waals surface area contributed by atoms with Crippen LogP contribution in [0.1, 0.15) is 44.9 Å². The van der Waals surface area contributed by atoms with E-state index >= 15 is 0 Å². The zero-order valence-electron chi connectivity index (χ0n) is 16.0. The Labute approximate surface area is 163 Å². The molecule has 3 N–H and O–H groups in total. The van der Waals surface area contributed by atoms with Crippen molar-refractivity contribution in [1.29, 1.82) is 0 Å². The summed E-state index contributed by atoms with van der Waals surface area (Å²) in [5.41, 5.74) is 0.764. The van der Waals surface area contributed by atoms with Gasteiger partial charge in [0.05, 0.1) is 11.8 Å². The number of nitrogens with one attached hydrogen (secondary N) is 3. The van der Waals surface area contributed by atoms with Crippen LogP contribution in [0, 0.1) is 0 Å². The number of hydrogen-bond donors (Lipinski definition) is 3. The molecule has 0 radical (unpaired) electrons. The maximum Gasteiger partial charge on any atom is 0.362 e. The molecule has 150 valence electrons. The van der Waals surface area contributed by atoms with E-state index in [0.717, 1.165) is 37.7 Å². The predicted molar refractivity (Wildman–Crippen MR) is 109 cm³/mol. The van der Waals surface area contributed by atoms with Crippen LogP contribution < -0.4 is 21.6 Å². The summed E-state index contributed by atoms with van der Waals surface area (Å²) in [6, 6.07) is 7.26. The molecule has 2 aromatic rings. The lowest BCUT2D eigenvalue weighted by Gasteiger charge is -2.25. The van der Waals surface area contributed by atoms with Gasteiger partial charge in [-0.15, -0.1) is 0 Å². The number of anilines is 2. The molecule has 28 heavy (non-hydrogen) atoms. The van der Waals surface area contributed by atoms with Gasteiger partial charge < -0.3 is 19.8 Å². The van der Waals surface area contributed by atoms with Gasteiger partial charge >= 0.3 is 11.7 Å². The summed E-state index contributed by atoms with van der Waals surface area (Å²) >= 11 is 0. The fourth-order valence-electron chi connectivity index (χ4n) is 4.03. The summed E-state index contributed by atoms with van der Waals surface area (Å²) in [5, 5.41) is 9.81. The number of benzene rings is 1. The van der Waals surface area contributed by atoms with Gasteiger partial charge in [-0.2, -0.15) is 0 Å². The third kappa shape index (κ3) is 4.30. The molecule has 7 heteroatoms. The lowest BCUT2D eigenvalue weighted by atomic mass is 9.95. The second-order valence-corrected chi connectivity index (χ2v) is 7.59. The standard InChI is InChI=1S/C21H27N3O4/c25-20-19(24-21(26)22-13-15-9-6-12-27-15)18(23-14-7-2-1-3-8-14)16-10-4-5-11-17(16)28-20/h4-5,10-11,14-15,23H,1-3,6-9,12-13H2,(H2,22,24,26). The Balaban J connectivity index is 1.58. The van der Waals surface area contributed by atoms with Crippen LogP contribution in [0.3, 0.4) is 0 Å². The fourth-order valence-corrected chi connectivity index (χ4v) is 4.03. The first-order valence-electron chi connectivity index (χ1n) is 10.2. The molecule has 4 rings (SSSR count). The maximum absolute atomic E-state index is 12.6. The number of para-hydroxylation sites is 1. The fraction of sp³-hybridized carbons (Fsp3) is 0.524. The van der Waals surface area contributed by atoms with Gasteiger partial charge in [0.1, 0.15) is 5.58 Å². The number of amides is 2. The maximum atomic E-state index is 12.6. The summed E-state index contributed by atoms with van der Waals surface area (Å²) in [5.74, 6) is 0. The zero-order chi connectivity index (χ0) is 19.3. The smallest absolute Gasteiger partial charge is 0.362 e. The Morgan fingerprint density at radius 3 is 2.64 bits per heavy atom. The van der Waals surface area contributed by atoms with Gasteiger partial charge in [-0.05, 0) is 37.8 Å². The highest BCUT2D eigenvalue weighted by Crippen LogP contribution is 2.31. The number of ether oxygens (including phenoxy) is 1. The third-order valence-electron chi connectivity index (χ3n) is 5.52. The van der Waals surface area contributed by atoms with E-state index < -0.39 is 11.7 Å². The largest absolute Gasteiger partial charge is 0.421 e. The van der Waals surface area contributed by atoms with Crippen molar-refractivity contribution >= 4 is 28.4 Å². The summed E-state index contributed by atoms with van der Waals surface area (Å²) in [6.45, 7) is 1.16. The molecule has 0 bridgehead atoms. The number of rotatable bonds is 5. The third-order valence-corrected chi connectivity index (χ3v) is 5.52. The van der Waals surface area contributed by atoms with Crippen LogP contribution >= 0.6 is 0 Å². The van der Waals surface area contributed by atoms with E-state index in [4.69, 9.17) is 9.15 Å². The molecule has 1 aliphatic carbocycles. The molecule has 1 unspecified atom stereocenters. The molecule has 0 spiro atoms. The van der Waals surface area contributed by atoms with E-state index in [-0.39, 0.29) is 17.8 Å². The second-order valence-electron chi connectivity index (χ2n) is 7.59. The minimum atomic E-state index is -0.552. The highest BCUT2D eigenvalue weighted by atomic mass is 16.5. The lowest BCUT2D eigenvalue weighted by Crippen LogP contribution is -2.36. The highest BCUT2D eigenvalue weighted by Gasteiger charge is 2.22. The van der Waals surface area contributed by atoms with E-state index in [0.29, 0.717) is 17.8 Å². The normalized spacial score (nSPS) is 20.2. The molecule has 1 saturated heterocycles. The van der Waals surface area contributed by atoms with Gasteiger partial charge in [-0.25, -0.2) is 9.59 Å². The van der Waals surface area contributed by atoms with Crippen molar-refractivity contribution in [1.82, 2.24) is 5.32 Å². The van der Waals surface area contributed by atoms with Crippen LogP contribution in [-0.2, 0) is 4.74 Å². The van der Waals surface area contributed by atoms with E-state index in [9.17, 15) is 9.59 Å². The topological polar surface area (TPSA) is 92.6 Å². The minimum absolute atomic E-state index is 0.0404. The van der Waals surface area contributed by atoms with Gasteiger partial charge in [0, 0.05) is 24.6 Å². The van der Waals surface area contributed by atoms with Gasteiger partial charge in [0.25, 0.3) is 0 Å². The van der Waals surface area contributed by atoms with E-state index in [1.165, 1.54) is 19.3 Å².